The van der Waals surface area contributed by atoms with E-state index in [1.165, 1.54) is 30.4 Å². The van der Waals surface area contributed by atoms with Crippen molar-refractivity contribution in [2.24, 2.45) is 0 Å². The zero-order chi connectivity index (χ0) is 14.7. The van der Waals surface area contributed by atoms with E-state index >= 15 is 0 Å². The molecular formula is C13H12FN3O2S. The van der Waals surface area contributed by atoms with Crippen molar-refractivity contribution in [3.05, 3.63) is 40.7 Å². The molecular weight excluding hydrogens is 281 g/mol. The van der Waals surface area contributed by atoms with E-state index < -0.39 is 17.6 Å². The van der Waals surface area contributed by atoms with Gasteiger partial charge in [0.15, 0.2) is 5.13 Å². The van der Waals surface area contributed by atoms with E-state index in [-0.39, 0.29) is 11.3 Å². The molecule has 1 aromatic heterocycles. The molecule has 0 radical (unpaired) electrons. The van der Waals surface area contributed by atoms with Crippen LogP contribution < -0.4 is 10.6 Å². The maximum Gasteiger partial charge on any atom is 0.257 e. The fourth-order valence-electron chi connectivity index (χ4n) is 1.53. The second kappa shape index (κ2) is 5.79. The van der Waals surface area contributed by atoms with Gasteiger partial charge in [-0.2, -0.15) is 0 Å². The fourth-order valence-corrected chi connectivity index (χ4v) is 2.22. The summed E-state index contributed by atoms with van der Waals surface area (Å²) >= 11 is 1.30. The Morgan fingerprint density at radius 3 is 2.65 bits per heavy atom. The van der Waals surface area contributed by atoms with Gasteiger partial charge in [-0.25, -0.2) is 9.37 Å². The van der Waals surface area contributed by atoms with Crippen LogP contribution in [0.4, 0.5) is 15.2 Å². The number of hydrogen-bond acceptors (Lipinski definition) is 4. The Hall–Kier alpha value is -2.28. The molecule has 0 unspecified atom stereocenters. The van der Waals surface area contributed by atoms with Gasteiger partial charge in [0.05, 0.1) is 11.4 Å². The number of anilines is 2. The van der Waals surface area contributed by atoms with Crippen molar-refractivity contribution >= 4 is 34.0 Å². The standard InChI is InChI=1S/C13H12FN3O2S/c1-7-6-20-13(15-7)17-12(19)9-3-4-10(14)11(5-9)16-8(2)18/h3-6H,1-2H3,(H,16,18)(H,15,17,19). The zero-order valence-corrected chi connectivity index (χ0v) is 11.7. The summed E-state index contributed by atoms with van der Waals surface area (Å²) in [4.78, 5) is 27.1. The normalized spacial score (nSPS) is 10.2. The number of aryl methyl sites for hydroxylation is 1. The number of aromatic nitrogens is 1. The molecule has 0 aliphatic rings. The summed E-state index contributed by atoms with van der Waals surface area (Å²) in [5.74, 6) is -1.41. The molecule has 0 saturated heterocycles. The number of thiazole rings is 1. The smallest absolute Gasteiger partial charge is 0.257 e. The predicted octanol–water partition coefficient (Wildman–Crippen LogP) is 2.80. The SMILES string of the molecule is CC(=O)Nc1cc(C(=O)Nc2nc(C)cs2)ccc1F. The number of carbonyl (C=O) groups is 2. The van der Waals surface area contributed by atoms with Gasteiger partial charge >= 0.3 is 0 Å². The van der Waals surface area contributed by atoms with Gasteiger partial charge in [0.25, 0.3) is 5.91 Å². The van der Waals surface area contributed by atoms with E-state index in [1.807, 2.05) is 12.3 Å². The molecule has 0 bridgehead atoms. The number of nitrogens with one attached hydrogen (secondary N) is 2. The van der Waals surface area contributed by atoms with Gasteiger partial charge in [0.1, 0.15) is 5.82 Å². The first-order chi connectivity index (χ1) is 9.45. The Morgan fingerprint density at radius 1 is 1.30 bits per heavy atom. The molecule has 104 valence electrons. The molecule has 0 atom stereocenters. The Balaban J connectivity index is 2.19. The highest BCUT2D eigenvalue weighted by molar-refractivity contribution is 7.13. The monoisotopic (exact) mass is 293 g/mol. The fraction of sp³-hybridized carbons (Fsp3) is 0.154. The molecule has 2 rings (SSSR count). The second-order valence-electron chi connectivity index (χ2n) is 4.12. The van der Waals surface area contributed by atoms with Gasteiger partial charge in [-0.05, 0) is 25.1 Å². The third kappa shape index (κ3) is 3.39. The maximum atomic E-state index is 13.5. The quantitative estimate of drug-likeness (QED) is 0.914. The molecule has 2 N–H and O–H groups in total. The van der Waals surface area contributed by atoms with E-state index in [4.69, 9.17) is 0 Å². The highest BCUT2D eigenvalue weighted by Crippen LogP contribution is 2.19. The van der Waals surface area contributed by atoms with Crippen molar-refractivity contribution in [3.63, 3.8) is 0 Å². The Morgan fingerprint density at radius 2 is 2.05 bits per heavy atom. The topological polar surface area (TPSA) is 71.1 Å². The van der Waals surface area contributed by atoms with Crippen LogP contribution in [0.5, 0.6) is 0 Å². The van der Waals surface area contributed by atoms with Crippen LogP contribution in [0.25, 0.3) is 0 Å². The van der Waals surface area contributed by atoms with Crippen molar-refractivity contribution in [1.82, 2.24) is 4.98 Å². The highest BCUT2D eigenvalue weighted by atomic mass is 32.1. The Labute approximate surface area is 118 Å². The third-order valence-electron chi connectivity index (χ3n) is 2.38. The van der Waals surface area contributed by atoms with Gasteiger partial charge < -0.3 is 5.32 Å². The third-order valence-corrected chi connectivity index (χ3v) is 3.25. The summed E-state index contributed by atoms with van der Waals surface area (Å²) in [5, 5.41) is 7.22. The minimum Gasteiger partial charge on any atom is -0.324 e. The number of halogens is 1. The lowest BCUT2D eigenvalue weighted by Crippen LogP contribution is -2.14. The van der Waals surface area contributed by atoms with Crippen molar-refractivity contribution in [3.8, 4) is 0 Å². The van der Waals surface area contributed by atoms with Crippen LogP contribution in [0.2, 0.25) is 0 Å². The lowest BCUT2D eigenvalue weighted by Gasteiger charge is -2.07. The Kier molecular flexibility index (Phi) is 4.09. The van der Waals surface area contributed by atoms with Crippen LogP contribution in [0.1, 0.15) is 23.0 Å². The number of amides is 2. The van der Waals surface area contributed by atoms with Gasteiger partial charge in [-0.15, -0.1) is 11.3 Å². The van der Waals surface area contributed by atoms with Crippen LogP contribution in [-0.2, 0) is 4.79 Å². The molecule has 2 aromatic rings. The first-order valence-electron chi connectivity index (χ1n) is 5.76. The summed E-state index contributed by atoms with van der Waals surface area (Å²) in [6.07, 6.45) is 0. The van der Waals surface area contributed by atoms with Crippen molar-refractivity contribution < 1.29 is 14.0 Å². The molecule has 1 aromatic carbocycles. The number of nitrogens with zero attached hydrogens (tertiary/aromatic N) is 1. The number of hydrogen-bond donors (Lipinski definition) is 2. The van der Waals surface area contributed by atoms with E-state index in [2.05, 4.69) is 15.6 Å². The van der Waals surface area contributed by atoms with Crippen LogP contribution in [0, 0.1) is 12.7 Å². The van der Waals surface area contributed by atoms with Crippen molar-refractivity contribution in [1.29, 1.82) is 0 Å². The lowest BCUT2D eigenvalue weighted by atomic mass is 10.2. The van der Waals surface area contributed by atoms with Crippen molar-refractivity contribution in [2.45, 2.75) is 13.8 Å². The minimum atomic E-state index is -0.596. The first kappa shape index (κ1) is 14.1. The molecule has 2 amide bonds. The van der Waals surface area contributed by atoms with E-state index in [9.17, 15) is 14.0 Å². The molecule has 0 fully saturated rings. The molecule has 0 aliphatic heterocycles. The summed E-state index contributed by atoms with van der Waals surface area (Å²) in [6.45, 7) is 3.09. The van der Waals surface area contributed by atoms with Crippen LogP contribution in [0.15, 0.2) is 23.6 Å². The average Bonchev–Trinajstić information content (AvgIpc) is 2.77. The molecule has 1 heterocycles. The minimum absolute atomic E-state index is 0.0273. The average molecular weight is 293 g/mol. The highest BCUT2D eigenvalue weighted by Gasteiger charge is 2.12. The van der Waals surface area contributed by atoms with Gasteiger partial charge in [-0.3, -0.25) is 14.9 Å². The van der Waals surface area contributed by atoms with Crippen LogP contribution >= 0.6 is 11.3 Å². The summed E-state index contributed by atoms with van der Waals surface area (Å²) in [5.41, 5.74) is 1.02. The first-order valence-corrected chi connectivity index (χ1v) is 6.64. The molecule has 0 saturated carbocycles. The molecule has 0 aliphatic carbocycles. The summed E-state index contributed by atoms with van der Waals surface area (Å²) < 4.78 is 13.5. The summed E-state index contributed by atoms with van der Waals surface area (Å²) in [6, 6.07) is 3.76. The number of benzene rings is 1. The van der Waals surface area contributed by atoms with Crippen LogP contribution in [0.3, 0.4) is 0 Å². The van der Waals surface area contributed by atoms with Crippen molar-refractivity contribution in [2.75, 3.05) is 10.6 Å². The molecule has 20 heavy (non-hydrogen) atoms. The van der Waals surface area contributed by atoms with E-state index in [0.717, 1.165) is 11.8 Å². The van der Waals surface area contributed by atoms with E-state index in [1.54, 1.807) is 0 Å². The van der Waals surface area contributed by atoms with E-state index in [0.29, 0.717) is 5.13 Å². The number of carbonyl (C=O) groups excluding carboxylic acids is 2. The summed E-state index contributed by atoms with van der Waals surface area (Å²) in [7, 11) is 0. The maximum absolute atomic E-state index is 13.5. The van der Waals surface area contributed by atoms with Crippen LogP contribution in [-0.4, -0.2) is 16.8 Å². The predicted molar refractivity (Wildman–Crippen MR) is 75.5 cm³/mol. The van der Waals surface area contributed by atoms with Gasteiger partial charge in [-0.1, -0.05) is 0 Å². The lowest BCUT2D eigenvalue weighted by molar-refractivity contribution is -0.114. The number of rotatable bonds is 3. The van der Waals surface area contributed by atoms with Gasteiger partial charge in [0, 0.05) is 17.9 Å². The molecule has 7 heteroatoms. The zero-order valence-electron chi connectivity index (χ0n) is 10.9. The second-order valence-corrected chi connectivity index (χ2v) is 4.98. The molecule has 5 nitrogen and oxygen atoms in total. The molecule has 0 spiro atoms. The van der Waals surface area contributed by atoms with Gasteiger partial charge in [0.2, 0.25) is 5.91 Å². The Bertz CT molecular complexity index is 669. The largest absolute Gasteiger partial charge is 0.324 e.